The molecule has 3 aromatic rings. The van der Waals surface area contributed by atoms with Crippen LogP contribution in [-0.4, -0.2) is 26.7 Å². The predicted octanol–water partition coefficient (Wildman–Crippen LogP) is 5.07. The summed E-state index contributed by atoms with van der Waals surface area (Å²) in [6.45, 7) is 5.73. The van der Waals surface area contributed by atoms with Crippen LogP contribution < -0.4 is 9.64 Å². The average molecular weight is 402 g/mol. The van der Waals surface area contributed by atoms with E-state index in [0.29, 0.717) is 11.9 Å². The Hall–Kier alpha value is -3.15. The number of hydrogen-bond donors (Lipinski definition) is 0. The fourth-order valence-electron chi connectivity index (χ4n) is 4.26. The number of rotatable bonds is 4. The maximum absolute atomic E-state index is 12.4. The van der Waals surface area contributed by atoms with Crippen LogP contribution in [0.3, 0.4) is 0 Å². The first-order valence-electron chi connectivity index (χ1n) is 10.6. The molecule has 6 nitrogen and oxygen atoms in total. The van der Waals surface area contributed by atoms with Crippen molar-refractivity contribution in [1.82, 2.24) is 14.8 Å². The summed E-state index contributed by atoms with van der Waals surface area (Å²) in [6, 6.07) is 8.67. The van der Waals surface area contributed by atoms with Gasteiger partial charge in [0, 0.05) is 48.1 Å². The van der Waals surface area contributed by atoms with Crippen molar-refractivity contribution in [2.75, 3.05) is 4.90 Å². The minimum Gasteiger partial charge on any atom is -0.438 e. The highest BCUT2D eigenvalue weighted by molar-refractivity contribution is 5.95. The number of carbonyl (C=O) groups is 1. The molecule has 0 radical (unpaired) electrons. The quantitative estimate of drug-likeness (QED) is 0.611. The van der Waals surface area contributed by atoms with Crippen molar-refractivity contribution in [3.8, 4) is 22.8 Å². The topological polar surface area (TPSA) is 60.2 Å². The number of aryl methyl sites for hydroxylation is 1. The second-order valence-corrected chi connectivity index (χ2v) is 8.43. The molecular weight excluding hydrogens is 376 g/mol. The summed E-state index contributed by atoms with van der Waals surface area (Å²) in [5.74, 6) is 1.38. The van der Waals surface area contributed by atoms with E-state index in [1.54, 1.807) is 13.1 Å². The van der Waals surface area contributed by atoms with E-state index in [1.165, 1.54) is 12.8 Å². The van der Waals surface area contributed by atoms with Crippen molar-refractivity contribution in [3.05, 3.63) is 54.0 Å². The molecule has 154 valence electrons. The van der Waals surface area contributed by atoms with E-state index in [1.807, 2.05) is 47.0 Å². The van der Waals surface area contributed by atoms with Gasteiger partial charge in [-0.05, 0) is 57.2 Å². The third-order valence-electron chi connectivity index (χ3n) is 6.01. The summed E-state index contributed by atoms with van der Waals surface area (Å²) in [7, 11) is 0. The van der Waals surface area contributed by atoms with Gasteiger partial charge in [-0.15, -0.1) is 0 Å². The van der Waals surface area contributed by atoms with Crippen molar-refractivity contribution in [3.63, 3.8) is 0 Å². The van der Waals surface area contributed by atoms with Crippen molar-refractivity contribution < 1.29 is 9.53 Å². The van der Waals surface area contributed by atoms with Gasteiger partial charge in [0.05, 0.1) is 17.9 Å². The van der Waals surface area contributed by atoms with E-state index in [9.17, 15) is 4.79 Å². The molecule has 0 saturated heterocycles. The number of aromatic nitrogens is 3. The fraction of sp³-hybridized carbons (Fsp3) is 0.375. The maximum Gasteiger partial charge on any atom is 0.224 e. The van der Waals surface area contributed by atoms with E-state index in [4.69, 9.17) is 4.74 Å². The monoisotopic (exact) mass is 402 g/mol. The van der Waals surface area contributed by atoms with Crippen molar-refractivity contribution in [2.45, 2.75) is 58.5 Å². The third-order valence-corrected chi connectivity index (χ3v) is 6.01. The third kappa shape index (κ3) is 3.36. The lowest BCUT2D eigenvalue weighted by Crippen LogP contribution is -2.40. The molecule has 5 rings (SSSR count). The van der Waals surface area contributed by atoms with E-state index < -0.39 is 0 Å². The van der Waals surface area contributed by atoms with Gasteiger partial charge in [-0.25, -0.2) is 4.98 Å². The number of ether oxygens (including phenoxy) is 1. The van der Waals surface area contributed by atoms with E-state index in [2.05, 4.69) is 23.2 Å². The smallest absolute Gasteiger partial charge is 0.224 e. The minimum atomic E-state index is 0.0529. The molecule has 3 heterocycles. The summed E-state index contributed by atoms with van der Waals surface area (Å²) < 4.78 is 8.43. The number of hydrogen-bond acceptors (Lipinski definition) is 4. The number of anilines is 1. The zero-order chi connectivity index (χ0) is 20.8. The summed E-state index contributed by atoms with van der Waals surface area (Å²) in [5, 5.41) is 4.56. The standard InChI is InChI=1S/C24H26N4O2/c1-15-4-11-23(25-12-15)30-24-20(18-13-26-27(14-18)19-6-7-19)9-10-22-21(24)8-5-16(2)28(22)17(3)29/h4,9-14,16,19H,5-8H2,1-3H3. The van der Waals surface area contributed by atoms with Crippen LogP contribution in [0, 0.1) is 6.92 Å². The van der Waals surface area contributed by atoms with Gasteiger partial charge in [-0.1, -0.05) is 6.07 Å². The number of carbonyl (C=O) groups excluding carboxylic acids is 1. The van der Waals surface area contributed by atoms with Gasteiger partial charge in [0.2, 0.25) is 11.8 Å². The normalized spacial score (nSPS) is 18.2. The molecule has 0 bridgehead atoms. The van der Waals surface area contributed by atoms with Gasteiger partial charge in [0.1, 0.15) is 5.75 Å². The summed E-state index contributed by atoms with van der Waals surface area (Å²) >= 11 is 0. The van der Waals surface area contributed by atoms with Gasteiger partial charge in [0.25, 0.3) is 0 Å². The van der Waals surface area contributed by atoms with Crippen LogP contribution in [0.25, 0.3) is 11.1 Å². The van der Waals surface area contributed by atoms with Crippen LogP contribution in [0.5, 0.6) is 11.6 Å². The zero-order valence-electron chi connectivity index (χ0n) is 17.6. The molecule has 1 saturated carbocycles. The molecule has 1 aromatic carbocycles. The lowest BCUT2D eigenvalue weighted by Gasteiger charge is -2.35. The lowest BCUT2D eigenvalue weighted by molar-refractivity contribution is -0.117. The number of amides is 1. The van der Waals surface area contributed by atoms with Crippen molar-refractivity contribution in [1.29, 1.82) is 0 Å². The number of pyridine rings is 1. The largest absolute Gasteiger partial charge is 0.438 e. The van der Waals surface area contributed by atoms with Gasteiger partial charge in [-0.3, -0.25) is 9.48 Å². The molecule has 1 unspecified atom stereocenters. The first-order chi connectivity index (χ1) is 14.5. The summed E-state index contributed by atoms with van der Waals surface area (Å²) in [4.78, 5) is 18.7. The van der Waals surface area contributed by atoms with Crippen LogP contribution in [-0.2, 0) is 11.2 Å². The second kappa shape index (κ2) is 7.27. The Kier molecular flexibility index (Phi) is 4.57. The average Bonchev–Trinajstić information content (AvgIpc) is 3.46. The van der Waals surface area contributed by atoms with Crippen LogP contribution in [0.1, 0.15) is 50.3 Å². The molecule has 1 amide bonds. The Bertz CT molecular complexity index is 1100. The predicted molar refractivity (Wildman–Crippen MR) is 116 cm³/mol. The van der Waals surface area contributed by atoms with Gasteiger partial charge in [-0.2, -0.15) is 5.10 Å². The molecule has 6 heteroatoms. The molecule has 1 aliphatic carbocycles. The highest BCUT2D eigenvalue weighted by Gasteiger charge is 2.31. The Morgan fingerprint density at radius 3 is 2.67 bits per heavy atom. The van der Waals surface area contributed by atoms with Crippen molar-refractivity contribution in [2.24, 2.45) is 0 Å². The molecule has 1 aliphatic heterocycles. The maximum atomic E-state index is 12.4. The van der Waals surface area contributed by atoms with Crippen molar-refractivity contribution >= 4 is 11.6 Å². The van der Waals surface area contributed by atoms with Crippen LogP contribution in [0.2, 0.25) is 0 Å². The second-order valence-electron chi connectivity index (χ2n) is 8.43. The Morgan fingerprint density at radius 1 is 1.13 bits per heavy atom. The zero-order valence-corrected chi connectivity index (χ0v) is 17.6. The molecule has 30 heavy (non-hydrogen) atoms. The molecule has 2 aromatic heterocycles. The summed E-state index contributed by atoms with van der Waals surface area (Å²) in [6.07, 6.45) is 9.94. The molecular formula is C24H26N4O2. The van der Waals surface area contributed by atoms with Gasteiger partial charge < -0.3 is 9.64 Å². The number of benzene rings is 1. The molecule has 2 aliphatic rings. The fourth-order valence-corrected chi connectivity index (χ4v) is 4.26. The SMILES string of the molecule is CC(=O)N1c2ccc(-c3cnn(C4CC4)c3)c(Oc3ccc(C)cn3)c2CCC1C. The van der Waals surface area contributed by atoms with E-state index in [-0.39, 0.29) is 11.9 Å². The minimum absolute atomic E-state index is 0.0529. The van der Waals surface area contributed by atoms with Crippen LogP contribution in [0.4, 0.5) is 5.69 Å². The molecule has 1 fully saturated rings. The first kappa shape index (κ1) is 18.9. The molecule has 1 atom stereocenters. The Morgan fingerprint density at radius 2 is 1.97 bits per heavy atom. The number of fused-ring (bicyclic) bond motifs is 1. The molecule has 0 spiro atoms. The van der Waals surface area contributed by atoms with Gasteiger partial charge in [0.15, 0.2) is 0 Å². The van der Waals surface area contributed by atoms with Crippen LogP contribution >= 0.6 is 0 Å². The highest BCUT2D eigenvalue weighted by Crippen LogP contribution is 2.45. The van der Waals surface area contributed by atoms with E-state index >= 15 is 0 Å². The lowest BCUT2D eigenvalue weighted by atomic mass is 9.92. The summed E-state index contributed by atoms with van der Waals surface area (Å²) in [5.41, 5.74) is 5.09. The Labute approximate surface area is 176 Å². The first-order valence-corrected chi connectivity index (χ1v) is 10.6. The van der Waals surface area contributed by atoms with Crippen LogP contribution in [0.15, 0.2) is 42.9 Å². The number of nitrogens with zero attached hydrogens (tertiary/aromatic N) is 4. The highest BCUT2D eigenvalue weighted by atomic mass is 16.5. The Balaban J connectivity index is 1.64. The van der Waals surface area contributed by atoms with Gasteiger partial charge >= 0.3 is 0 Å². The molecule has 0 N–H and O–H groups in total. The van der Waals surface area contributed by atoms with E-state index in [0.717, 1.165) is 46.5 Å².